The first-order valence-corrected chi connectivity index (χ1v) is 4.80. The van der Waals surface area contributed by atoms with Crippen LogP contribution in [0.4, 0.5) is 0 Å². The maximum Gasteiger partial charge on any atom is 0.309 e. The molecule has 0 bridgehead atoms. The second kappa shape index (κ2) is 4.98. The van der Waals surface area contributed by atoms with Crippen molar-refractivity contribution in [1.82, 2.24) is 0 Å². The zero-order chi connectivity index (χ0) is 11.4. The number of hydrogen-bond donors (Lipinski definition) is 2. The molecule has 1 unspecified atom stereocenters. The van der Waals surface area contributed by atoms with Crippen LogP contribution in [0.5, 0.6) is 0 Å². The lowest BCUT2D eigenvalue weighted by atomic mass is 9.76. The van der Waals surface area contributed by atoms with Crippen molar-refractivity contribution in [1.29, 1.82) is 0 Å². The van der Waals surface area contributed by atoms with Gasteiger partial charge in [0.1, 0.15) is 0 Å². The van der Waals surface area contributed by atoms with E-state index in [1.807, 2.05) is 6.92 Å². The molecule has 0 aliphatic carbocycles. The molecule has 0 aromatic carbocycles. The number of carboxylic acids is 2. The fraction of sp³-hybridized carbons (Fsp3) is 0.800. The molecule has 0 saturated carbocycles. The Morgan fingerprint density at radius 1 is 1.29 bits per heavy atom. The van der Waals surface area contributed by atoms with Crippen LogP contribution in [0.3, 0.4) is 0 Å². The highest BCUT2D eigenvalue weighted by Crippen LogP contribution is 2.31. The molecule has 14 heavy (non-hydrogen) atoms. The number of carbonyl (C=O) groups is 2. The molecule has 0 aliphatic heterocycles. The Bertz CT molecular complexity index is 220. The van der Waals surface area contributed by atoms with Gasteiger partial charge in [0.2, 0.25) is 0 Å². The number of hydrogen-bond acceptors (Lipinski definition) is 2. The Morgan fingerprint density at radius 2 is 1.79 bits per heavy atom. The maximum atomic E-state index is 10.9. The molecular weight excluding hydrogens is 184 g/mol. The van der Waals surface area contributed by atoms with Crippen molar-refractivity contribution in [3.63, 3.8) is 0 Å². The summed E-state index contributed by atoms with van der Waals surface area (Å²) >= 11 is 0. The van der Waals surface area contributed by atoms with Crippen LogP contribution in [0.25, 0.3) is 0 Å². The number of carboxylic acid groups (broad SMARTS) is 2. The summed E-state index contributed by atoms with van der Waals surface area (Å²) in [5, 5.41) is 17.8. The van der Waals surface area contributed by atoms with Gasteiger partial charge in [0, 0.05) is 0 Å². The summed E-state index contributed by atoms with van der Waals surface area (Å²) in [6.07, 6.45) is 2.04. The highest BCUT2D eigenvalue weighted by molar-refractivity contribution is 5.82. The predicted octanol–water partition coefficient (Wildman–Crippen LogP) is 1.99. The zero-order valence-corrected chi connectivity index (χ0v) is 8.91. The molecule has 0 heterocycles. The standard InChI is InChI=1S/C10H18O4/c1-4-5-6-7(8(11)12)10(2,3)9(13)14/h7H,4-6H2,1-3H3,(H,11,12)(H,13,14). The van der Waals surface area contributed by atoms with Crippen molar-refractivity contribution >= 4 is 11.9 Å². The Balaban J connectivity index is 4.64. The van der Waals surface area contributed by atoms with E-state index < -0.39 is 23.3 Å². The van der Waals surface area contributed by atoms with E-state index in [-0.39, 0.29) is 0 Å². The van der Waals surface area contributed by atoms with Crippen molar-refractivity contribution in [3.8, 4) is 0 Å². The largest absolute Gasteiger partial charge is 0.481 e. The quantitative estimate of drug-likeness (QED) is 0.690. The Hall–Kier alpha value is -1.06. The van der Waals surface area contributed by atoms with E-state index in [0.717, 1.165) is 12.8 Å². The maximum absolute atomic E-state index is 10.9. The Kier molecular flexibility index (Phi) is 4.60. The van der Waals surface area contributed by atoms with E-state index in [2.05, 4.69) is 0 Å². The van der Waals surface area contributed by atoms with Crippen molar-refractivity contribution in [3.05, 3.63) is 0 Å². The molecular formula is C10H18O4. The van der Waals surface area contributed by atoms with Gasteiger partial charge in [-0.05, 0) is 20.3 Å². The molecule has 0 aromatic heterocycles. The molecule has 0 fully saturated rings. The molecule has 0 spiro atoms. The lowest BCUT2D eigenvalue weighted by Crippen LogP contribution is -2.37. The third-order valence-electron chi connectivity index (χ3n) is 2.57. The first-order valence-electron chi connectivity index (χ1n) is 4.80. The van der Waals surface area contributed by atoms with Gasteiger partial charge in [-0.1, -0.05) is 19.8 Å². The average molecular weight is 202 g/mol. The van der Waals surface area contributed by atoms with E-state index in [4.69, 9.17) is 10.2 Å². The first-order chi connectivity index (χ1) is 6.34. The van der Waals surface area contributed by atoms with E-state index in [1.54, 1.807) is 0 Å². The minimum Gasteiger partial charge on any atom is -0.481 e. The van der Waals surface area contributed by atoms with Gasteiger partial charge in [-0.3, -0.25) is 9.59 Å². The normalized spacial score (nSPS) is 13.6. The lowest BCUT2D eigenvalue weighted by molar-refractivity contribution is -0.160. The summed E-state index contributed by atoms with van der Waals surface area (Å²) in [6, 6.07) is 0. The van der Waals surface area contributed by atoms with Crippen molar-refractivity contribution in [2.45, 2.75) is 40.0 Å². The Labute approximate surface area is 83.9 Å². The molecule has 2 N–H and O–H groups in total. The van der Waals surface area contributed by atoms with E-state index >= 15 is 0 Å². The summed E-state index contributed by atoms with van der Waals surface area (Å²) in [7, 11) is 0. The van der Waals surface area contributed by atoms with Crippen molar-refractivity contribution < 1.29 is 19.8 Å². The van der Waals surface area contributed by atoms with Crippen LogP contribution in [0.15, 0.2) is 0 Å². The molecule has 0 radical (unpaired) electrons. The van der Waals surface area contributed by atoms with E-state index in [9.17, 15) is 9.59 Å². The van der Waals surface area contributed by atoms with Crippen LogP contribution in [0, 0.1) is 11.3 Å². The highest BCUT2D eigenvalue weighted by Gasteiger charge is 2.40. The Morgan fingerprint density at radius 3 is 2.07 bits per heavy atom. The van der Waals surface area contributed by atoms with Gasteiger partial charge in [-0.2, -0.15) is 0 Å². The molecule has 0 aromatic rings. The fourth-order valence-electron chi connectivity index (χ4n) is 1.35. The monoisotopic (exact) mass is 202 g/mol. The third kappa shape index (κ3) is 3.01. The fourth-order valence-corrected chi connectivity index (χ4v) is 1.35. The second-order valence-electron chi connectivity index (χ2n) is 4.06. The molecule has 4 heteroatoms. The van der Waals surface area contributed by atoms with Crippen LogP contribution in [0.1, 0.15) is 40.0 Å². The smallest absolute Gasteiger partial charge is 0.309 e. The minimum absolute atomic E-state index is 0.422. The summed E-state index contributed by atoms with van der Waals surface area (Å²) in [5.41, 5.74) is -1.19. The summed E-state index contributed by atoms with van der Waals surface area (Å²) in [4.78, 5) is 21.8. The van der Waals surface area contributed by atoms with Crippen LogP contribution in [0.2, 0.25) is 0 Å². The van der Waals surface area contributed by atoms with Crippen molar-refractivity contribution in [2.75, 3.05) is 0 Å². The van der Waals surface area contributed by atoms with Crippen LogP contribution in [-0.2, 0) is 9.59 Å². The molecule has 0 rings (SSSR count). The molecule has 4 nitrogen and oxygen atoms in total. The van der Waals surface area contributed by atoms with Crippen LogP contribution in [-0.4, -0.2) is 22.2 Å². The van der Waals surface area contributed by atoms with E-state index in [1.165, 1.54) is 13.8 Å². The third-order valence-corrected chi connectivity index (χ3v) is 2.57. The second-order valence-corrected chi connectivity index (χ2v) is 4.06. The summed E-state index contributed by atoms with van der Waals surface area (Å²) in [5.74, 6) is -2.88. The predicted molar refractivity (Wildman–Crippen MR) is 52.1 cm³/mol. The molecule has 0 aliphatic rings. The molecule has 0 saturated heterocycles. The molecule has 1 atom stereocenters. The molecule has 0 amide bonds. The molecule has 82 valence electrons. The summed E-state index contributed by atoms with van der Waals surface area (Å²) in [6.45, 7) is 4.88. The minimum atomic E-state index is -1.19. The SMILES string of the molecule is CCCCC(C(=O)O)C(C)(C)C(=O)O. The summed E-state index contributed by atoms with van der Waals surface area (Å²) < 4.78 is 0. The highest BCUT2D eigenvalue weighted by atomic mass is 16.4. The average Bonchev–Trinajstić information content (AvgIpc) is 2.03. The van der Waals surface area contributed by atoms with Gasteiger partial charge in [0.25, 0.3) is 0 Å². The van der Waals surface area contributed by atoms with Gasteiger partial charge in [0.15, 0.2) is 0 Å². The topological polar surface area (TPSA) is 74.6 Å². The van der Waals surface area contributed by atoms with Gasteiger partial charge in [0.05, 0.1) is 11.3 Å². The van der Waals surface area contributed by atoms with Gasteiger partial charge in [-0.15, -0.1) is 0 Å². The van der Waals surface area contributed by atoms with Gasteiger partial charge < -0.3 is 10.2 Å². The lowest BCUT2D eigenvalue weighted by Gasteiger charge is -2.26. The number of unbranched alkanes of at least 4 members (excludes halogenated alkanes) is 1. The zero-order valence-electron chi connectivity index (χ0n) is 8.91. The van der Waals surface area contributed by atoms with Gasteiger partial charge >= 0.3 is 11.9 Å². The first kappa shape index (κ1) is 12.9. The van der Waals surface area contributed by atoms with E-state index in [0.29, 0.717) is 6.42 Å². The van der Waals surface area contributed by atoms with Gasteiger partial charge in [-0.25, -0.2) is 0 Å². The van der Waals surface area contributed by atoms with Crippen LogP contribution < -0.4 is 0 Å². The number of aliphatic carboxylic acids is 2. The number of rotatable bonds is 6. The van der Waals surface area contributed by atoms with Crippen molar-refractivity contribution in [2.24, 2.45) is 11.3 Å². The van der Waals surface area contributed by atoms with Crippen LogP contribution >= 0.6 is 0 Å².